The lowest BCUT2D eigenvalue weighted by Crippen LogP contribution is -2.42. The number of ether oxygens (including phenoxy) is 3. The summed E-state index contributed by atoms with van der Waals surface area (Å²) in [6.07, 6.45) is -4.87. The van der Waals surface area contributed by atoms with Crippen LogP contribution < -0.4 is 25.3 Å². The lowest BCUT2D eigenvalue weighted by Gasteiger charge is -2.25. The Morgan fingerprint density at radius 2 is 1.87 bits per heavy atom. The van der Waals surface area contributed by atoms with E-state index in [1.54, 1.807) is 13.8 Å². The highest BCUT2D eigenvalue weighted by Crippen LogP contribution is 2.47. The van der Waals surface area contributed by atoms with Crippen molar-refractivity contribution >= 4 is 11.8 Å². The number of fused-ring (bicyclic) bond motifs is 1. The summed E-state index contributed by atoms with van der Waals surface area (Å²) in [6.45, 7) is 2.69. The first-order valence-electron chi connectivity index (χ1n) is 15.0. The number of aliphatic hydroxyl groups is 1. The van der Waals surface area contributed by atoms with Crippen molar-refractivity contribution in [3.05, 3.63) is 71.2 Å². The van der Waals surface area contributed by atoms with Crippen LogP contribution in [0.25, 0.3) is 11.3 Å². The predicted octanol–water partition coefficient (Wildman–Crippen LogP) is 5.18. The molecule has 4 N–H and O–H groups in total. The second-order valence-electron chi connectivity index (χ2n) is 11.7. The fraction of sp³-hybridized carbons (Fsp3) is 0.424. The van der Waals surface area contributed by atoms with E-state index in [-0.39, 0.29) is 54.2 Å². The van der Waals surface area contributed by atoms with Gasteiger partial charge in [0.15, 0.2) is 11.5 Å². The van der Waals surface area contributed by atoms with E-state index in [1.165, 1.54) is 48.5 Å². The second-order valence-corrected chi connectivity index (χ2v) is 11.7. The normalized spacial score (nSPS) is 18.7. The van der Waals surface area contributed by atoms with Crippen molar-refractivity contribution in [1.82, 2.24) is 10.3 Å². The molecule has 2 amide bonds. The number of aliphatic hydroxyl groups excluding tert-OH is 1. The first kappa shape index (κ1) is 33.0. The highest BCUT2D eigenvalue weighted by molar-refractivity contribution is 5.95. The molecule has 9 nitrogen and oxygen atoms in total. The molecule has 1 aromatic heterocycles. The largest absolute Gasteiger partial charge is 0.489 e. The molecule has 3 aromatic rings. The number of carbonyl (C=O) groups is 2. The topological polar surface area (TPSA) is 133 Å². The van der Waals surface area contributed by atoms with Crippen LogP contribution in [0.4, 0.5) is 17.6 Å². The lowest BCUT2D eigenvalue weighted by molar-refractivity contribution is -0.138. The molecule has 3 atom stereocenters. The molecule has 0 bridgehead atoms. The molecule has 2 heterocycles. The third-order valence-corrected chi connectivity index (χ3v) is 8.07. The zero-order valence-corrected chi connectivity index (χ0v) is 25.3. The minimum absolute atomic E-state index is 0.000506. The number of rotatable bonds is 13. The highest BCUT2D eigenvalue weighted by Gasteiger charge is 2.47. The van der Waals surface area contributed by atoms with Gasteiger partial charge in [0.1, 0.15) is 35.9 Å². The van der Waals surface area contributed by atoms with Crippen LogP contribution in [-0.4, -0.2) is 60.0 Å². The van der Waals surface area contributed by atoms with Crippen molar-refractivity contribution in [3.8, 4) is 28.5 Å². The van der Waals surface area contributed by atoms with E-state index in [0.717, 1.165) is 12.8 Å². The number of nitrogens with two attached hydrogens (primary N) is 1. The fourth-order valence-corrected chi connectivity index (χ4v) is 5.33. The molecule has 13 heteroatoms. The minimum atomic E-state index is -4.64. The van der Waals surface area contributed by atoms with Crippen LogP contribution in [0.2, 0.25) is 0 Å². The monoisotopic (exact) mass is 645 g/mol. The Balaban J connectivity index is 1.48. The molecule has 5 rings (SSSR count). The lowest BCUT2D eigenvalue weighted by atomic mass is 9.78. The Labute approximate surface area is 263 Å². The molecular weight excluding hydrogens is 610 g/mol. The fourth-order valence-electron chi connectivity index (χ4n) is 5.33. The van der Waals surface area contributed by atoms with Gasteiger partial charge in [0.2, 0.25) is 5.91 Å². The first-order valence-corrected chi connectivity index (χ1v) is 15.0. The number of aromatic nitrogens is 1. The van der Waals surface area contributed by atoms with Gasteiger partial charge in [0.25, 0.3) is 5.91 Å². The molecule has 2 aromatic carbocycles. The Morgan fingerprint density at radius 3 is 2.48 bits per heavy atom. The zero-order valence-electron chi connectivity index (χ0n) is 25.3. The van der Waals surface area contributed by atoms with E-state index in [1.807, 2.05) is 0 Å². The van der Waals surface area contributed by atoms with Gasteiger partial charge in [-0.15, -0.1) is 0 Å². The molecule has 2 aliphatic rings. The summed E-state index contributed by atoms with van der Waals surface area (Å²) in [4.78, 5) is 30.5. The number of carbonyl (C=O) groups excluding carboxylic acids is 2. The Hall–Kier alpha value is -4.39. The van der Waals surface area contributed by atoms with Gasteiger partial charge in [-0.1, -0.05) is 6.92 Å². The number of benzene rings is 2. The SMILES string of the molecule is CC[C@]1(C(N)=O)COc2c1cc(C(CNC(=O)c1ccc(OC[C@@H](C)O)c(OC3CC3)c1)CC(F)(F)F)nc2-c1ccc(F)cc1. The van der Waals surface area contributed by atoms with E-state index in [9.17, 15) is 32.3 Å². The van der Waals surface area contributed by atoms with E-state index in [4.69, 9.17) is 19.9 Å². The number of nitrogens with zero attached hydrogens (tertiary/aromatic N) is 1. The maximum atomic E-state index is 14.0. The van der Waals surface area contributed by atoms with Gasteiger partial charge in [-0.05, 0) is 74.7 Å². The molecule has 1 aliphatic carbocycles. The van der Waals surface area contributed by atoms with Gasteiger partial charge >= 0.3 is 6.18 Å². The standard InChI is InChI=1S/C33H35F4N3O6/c1-3-32(31(38)43)17-45-29-24(32)13-25(40-28(29)19-4-7-22(34)8-5-19)21(14-33(35,36)37)15-39-30(42)20-6-11-26(44-16-18(2)41)27(12-20)46-23-9-10-23/h4-8,11-13,18,21,23,41H,3,9-10,14-17H2,1-2H3,(H2,38,43)(H,39,42)/t18-,21?,32+/m1/s1. The van der Waals surface area contributed by atoms with Gasteiger partial charge in [-0.3, -0.25) is 9.59 Å². The molecule has 1 unspecified atom stereocenters. The summed E-state index contributed by atoms with van der Waals surface area (Å²) < 4.78 is 73.0. The minimum Gasteiger partial charge on any atom is -0.489 e. The van der Waals surface area contributed by atoms with E-state index >= 15 is 0 Å². The molecule has 0 saturated heterocycles. The number of pyridine rings is 1. The average molecular weight is 646 g/mol. The molecule has 0 radical (unpaired) electrons. The molecule has 0 spiro atoms. The van der Waals surface area contributed by atoms with Gasteiger partial charge in [-0.25, -0.2) is 9.37 Å². The van der Waals surface area contributed by atoms with Crippen LogP contribution in [0.1, 0.15) is 67.1 Å². The summed E-state index contributed by atoms with van der Waals surface area (Å²) in [5.74, 6) is -2.46. The summed E-state index contributed by atoms with van der Waals surface area (Å²) in [7, 11) is 0. The third kappa shape index (κ3) is 7.35. The highest BCUT2D eigenvalue weighted by atomic mass is 19.4. The van der Waals surface area contributed by atoms with Gasteiger partial charge < -0.3 is 30.4 Å². The van der Waals surface area contributed by atoms with Crippen molar-refractivity contribution in [1.29, 1.82) is 0 Å². The molecule has 1 saturated carbocycles. The van der Waals surface area contributed by atoms with Crippen molar-refractivity contribution in [3.63, 3.8) is 0 Å². The number of nitrogens with one attached hydrogen (secondary N) is 1. The summed E-state index contributed by atoms with van der Waals surface area (Å²) >= 11 is 0. The predicted molar refractivity (Wildman–Crippen MR) is 159 cm³/mol. The molecular formula is C33H35F4N3O6. The third-order valence-electron chi connectivity index (χ3n) is 8.07. The van der Waals surface area contributed by atoms with Gasteiger partial charge in [-0.2, -0.15) is 13.2 Å². The van der Waals surface area contributed by atoms with Crippen LogP contribution >= 0.6 is 0 Å². The van der Waals surface area contributed by atoms with E-state index in [0.29, 0.717) is 16.9 Å². The Kier molecular flexibility index (Phi) is 9.43. The van der Waals surface area contributed by atoms with Crippen LogP contribution in [0, 0.1) is 5.82 Å². The van der Waals surface area contributed by atoms with Crippen LogP contribution in [0.3, 0.4) is 0 Å². The average Bonchev–Trinajstić information content (AvgIpc) is 3.74. The second kappa shape index (κ2) is 13.1. The molecule has 246 valence electrons. The number of hydrogen-bond donors (Lipinski definition) is 3. The van der Waals surface area contributed by atoms with Crippen LogP contribution in [0.15, 0.2) is 48.5 Å². The number of hydrogen-bond acceptors (Lipinski definition) is 7. The maximum absolute atomic E-state index is 14.0. The van der Waals surface area contributed by atoms with E-state index < -0.39 is 54.2 Å². The number of amides is 2. The zero-order chi connectivity index (χ0) is 33.2. The molecule has 1 fully saturated rings. The van der Waals surface area contributed by atoms with Crippen molar-refractivity contribution in [2.45, 2.75) is 69.2 Å². The number of alkyl halides is 3. The van der Waals surface area contributed by atoms with Gasteiger partial charge in [0, 0.05) is 34.8 Å². The Bertz CT molecular complexity index is 1590. The van der Waals surface area contributed by atoms with Crippen molar-refractivity contribution in [2.24, 2.45) is 5.73 Å². The van der Waals surface area contributed by atoms with Crippen LogP contribution in [0.5, 0.6) is 17.2 Å². The Morgan fingerprint density at radius 1 is 1.15 bits per heavy atom. The summed E-state index contributed by atoms with van der Waals surface area (Å²) in [5.41, 5.74) is 5.36. The quantitative estimate of drug-likeness (QED) is 0.218. The van der Waals surface area contributed by atoms with Gasteiger partial charge in [0.05, 0.1) is 18.6 Å². The van der Waals surface area contributed by atoms with Crippen LogP contribution in [-0.2, 0) is 10.2 Å². The summed E-state index contributed by atoms with van der Waals surface area (Å²) in [6, 6.07) is 11.0. The van der Waals surface area contributed by atoms with Crippen molar-refractivity contribution < 1.29 is 46.5 Å². The number of primary amides is 1. The maximum Gasteiger partial charge on any atom is 0.389 e. The van der Waals surface area contributed by atoms with E-state index in [2.05, 4.69) is 10.3 Å². The first-order chi connectivity index (χ1) is 21.8. The summed E-state index contributed by atoms with van der Waals surface area (Å²) in [5, 5.41) is 12.2. The molecule has 46 heavy (non-hydrogen) atoms. The van der Waals surface area contributed by atoms with Crippen molar-refractivity contribution in [2.75, 3.05) is 19.8 Å². The smallest absolute Gasteiger partial charge is 0.389 e. The molecule has 1 aliphatic heterocycles. The number of halogens is 4.